The fourth-order valence-electron chi connectivity index (χ4n) is 0.902. The molecule has 0 heterocycles. The lowest BCUT2D eigenvalue weighted by Gasteiger charge is -2.11. The summed E-state index contributed by atoms with van der Waals surface area (Å²) in [6.07, 6.45) is 5.65. The summed E-state index contributed by atoms with van der Waals surface area (Å²) in [7, 11) is 3.51. The van der Waals surface area contributed by atoms with Gasteiger partial charge in [-0.2, -0.15) is 11.8 Å². The maximum atomic E-state index is 11.0. The molecule has 0 aromatic heterocycles. The molecule has 13 heavy (non-hydrogen) atoms. The van der Waals surface area contributed by atoms with Crippen LogP contribution in [0.4, 0.5) is 4.79 Å². The second-order valence-corrected chi connectivity index (χ2v) is 4.17. The third-order valence-corrected chi connectivity index (χ3v) is 2.40. The van der Waals surface area contributed by atoms with Gasteiger partial charge in [0, 0.05) is 20.6 Å². The maximum Gasteiger partial charge on any atom is 0.316 e. The first-order chi connectivity index (χ1) is 6.18. The Labute approximate surface area is 85.3 Å². The number of unbranched alkanes of at least 4 members (excludes halogenated alkanes) is 2. The van der Waals surface area contributed by atoms with Crippen LogP contribution in [-0.4, -0.2) is 43.6 Å². The Kier molecular flexibility index (Phi) is 7.99. The second kappa shape index (κ2) is 8.23. The van der Waals surface area contributed by atoms with E-state index in [0.29, 0.717) is 0 Å². The van der Waals surface area contributed by atoms with Gasteiger partial charge in [0.25, 0.3) is 0 Å². The molecule has 0 atom stereocenters. The number of nitrogens with one attached hydrogen (secondary N) is 1. The highest BCUT2D eigenvalue weighted by Gasteiger charge is 1.99. The first kappa shape index (κ1) is 12.6. The van der Waals surface area contributed by atoms with Crippen LogP contribution in [0.25, 0.3) is 0 Å². The Morgan fingerprint density at radius 2 is 2.00 bits per heavy atom. The minimum Gasteiger partial charge on any atom is -0.338 e. The highest BCUT2D eigenvalue weighted by molar-refractivity contribution is 7.98. The summed E-state index contributed by atoms with van der Waals surface area (Å²) < 4.78 is 0. The number of rotatable bonds is 6. The third-order valence-electron chi connectivity index (χ3n) is 1.71. The fraction of sp³-hybridized carbons (Fsp3) is 0.889. The molecule has 0 aromatic rings. The lowest BCUT2D eigenvalue weighted by Crippen LogP contribution is -2.34. The molecule has 1 N–H and O–H groups in total. The zero-order chi connectivity index (χ0) is 10.1. The zero-order valence-corrected chi connectivity index (χ0v) is 9.62. The van der Waals surface area contributed by atoms with Gasteiger partial charge in [-0.25, -0.2) is 4.79 Å². The van der Waals surface area contributed by atoms with E-state index in [-0.39, 0.29) is 6.03 Å². The predicted molar refractivity (Wildman–Crippen MR) is 59.3 cm³/mol. The summed E-state index contributed by atoms with van der Waals surface area (Å²) in [6, 6.07) is 0.00451. The van der Waals surface area contributed by atoms with Crippen LogP contribution in [0.2, 0.25) is 0 Å². The second-order valence-electron chi connectivity index (χ2n) is 3.18. The van der Waals surface area contributed by atoms with Crippen molar-refractivity contribution in [2.75, 3.05) is 32.6 Å². The predicted octanol–water partition coefficient (Wildman–Crippen LogP) is 1.79. The van der Waals surface area contributed by atoms with E-state index in [0.717, 1.165) is 13.0 Å². The van der Waals surface area contributed by atoms with Gasteiger partial charge < -0.3 is 10.2 Å². The van der Waals surface area contributed by atoms with Gasteiger partial charge in [0.15, 0.2) is 0 Å². The molecule has 0 aliphatic rings. The van der Waals surface area contributed by atoms with Crippen molar-refractivity contribution in [3.8, 4) is 0 Å². The molecule has 4 heteroatoms. The Bertz CT molecular complexity index is 140. The minimum absolute atomic E-state index is 0.00451. The molecular formula is C9H20N2OS. The monoisotopic (exact) mass is 204 g/mol. The van der Waals surface area contributed by atoms with E-state index in [9.17, 15) is 4.79 Å². The third kappa shape index (κ3) is 7.96. The first-order valence-corrected chi connectivity index (χ1v) is 6.02. The topological polar surface area (TPSA) is 32.3 Å². The summed E-state index contributed by atoms with van der Waals surface area (Å²) in [5.41, 5.74) is 0. The molecule has 78 valence electrons. The number of thioether (sulfide) groups is 1. The molecule has 2 amide bonds. The SMILES string of the molecule is CSCCCCCNC(=O)N(C)C. The first-order valence-electron chi connectivity index (χ1n) is 4.62. The van der Waals surface area contributed by atoms with E-state index in [4.69, 9.17) is 0 Å². The van der Waals surface area contributed by atoms with E-state index in [1.165, 1.54) is 18.6 Å². The highest BCUT2D eigenvalue weighted by Crippen LogP contribution is 2.01. The van der Waals surface area contributed by atoms with E-state index in [1.807, 2.05) is 11.8 Å². The normalized spacial score (nSPS) is 9.77. The van der Waals surface area contributed by atoms with Crippen molar-refractivity contribution in [2.24, 2.45) is 0 Å². The standard InChI is InChI=1S/C9H20N2OS/c1-11(2)9(12)10-7-5-4-6-8-13-3/h4-8H2,1-3H3,(H,10,12). The van der Waals surface area contributed by atoms with Crippen molar-refractivity contribution in [2.45, 2.75) is 19.3 Å². The van der Waals surface area contributed by atoms with Crippen molar-refractivity contribution in [1.82, 2.24) is 10.2 Å². The zero-order valence-electron chi connectivity index (χ0n) is 8.80. The smallest absolute Gasteiger partial charge is 0.316 e. The van der Waals surface area contributed by atoms with Gasteiger partial charge in [0.2, 0.25) is 0 Å². The number of carbonyl (C=O) groups excluding carboxylic acids is 1. The van der Waals surface area contributed by atoms with Crippen LogP contribution in [0, 0.1) is 0 Å². The number of amides is 2. The number of urea groups is 1. The largest absolute Gasteiger partial charge is 0.338 e. The minimum atomic E-state index is 0.00451. The van der Waals surface area contributed by atoms with E-state index in [1.54, 1.807) is 19.0 Å². The van der Waals surface area contributed by atoms with Gasteiger partial charge in [-0.1, -0.05) is 6.42 Å². The van der Waals surface area contributed by atoms with Crippen LogP contribution in [0.5, 0.6) is 0 Å². The van der Waals surface area contributed by atoms with Crippen LogP contribution in [0.1, 0.15) is 19.3 Å². The molecule has 0 saturated heterocycles. The Morgan fingerprint density at radius 1 is 1.31 bits per heavy atom. The molecule has 0 aliphatic carbocycles. The summed E-state index contributed by atoms with van der Waals surface area (Å²) in [5.74, 6) is 1.22. The van der Waals surface area contributed by atoms with Gasteiger partial charge in [0.05, 0.1) is 0 Å². The number of nitrogens with zero attached hydrogens (tertiary/aromatic N) is 1. The molecule has 0 spiro atoms. The maximum absolute atomic E-state index is 11.0. The molecule has 0 aliphatic heterocycles. The molecule has 0 unspecified atom stereocenters. The molecule has 3 nitrogen and oxygen atoms in total. The molecule has 0 fully saturated rings. The highest BCUT2D eigenvalue weighted by atomic mass is 32.2. The summed E-state index contributed by atoms with van der Waals surface area (Å²) in [4.78, 5) is 12.6. The van der Waals surface area contributed by atoms with Crippen LogP contribution in [0.15, 0.2) is 0 Å². The number of hydrogen-bond donors (Lipinski definition) is 1. The fourth-order valence-corrected chi connectivity index (χ4v) is 1.39. The van der Waals surface area contributed by atoms with Gasteiger partial charge >= 0.3 is 6.03 Å². The van der Waals surface area contributed by atoms with E-state index in [2.05, 4.69) is 11.6 Å². The van der Waals surface area contributed by atoms with E-state index < -0.39 is 0 Å². The molecule has 0 rings (SSSR count). The van der Waals surface area contributed by atoms with Crippen molar-refractivity contribution in [3.05, 3.63) is 0 Å². The quantitative estimate of drug-likeness (QED) is 0.669. The van der Waals surface area contributed by atoms with Gasteiger partial charge in [-0.05, 0) is 24.9 Å². The summed E-state index contributed by atoms with van der Waals surface area (Å²) in [5, 5.41) is 2.84. The molecule has 0 bridgehead atoms. The lowest BCUT2D eigenvalue weighted by atomic mass is 10.2. The van der Waals surface area contributed by atoms with Crippen LogP contribution < -0.4 is 5.32 Å². The van der Waals surface area contributed by atoms with Crippen LogP contribution in [-0.2, 0) is 0 Å². The molecule has 0 aromatic carbocycles. The van der Waals surface area contributed by atoms with Gasteiger partial charge in [0.1, 0.15) is 0 Å². The van der Waals surface area contributed by atoms with Gasteiger partial charge in [-0.15, -0.1) is 0 Å². The molecule has 0 radical (unpaired) electrons. The van der Waals surface area contributed by atoms with Crippen molar-refractivity contribution >= 4 is 17.8 Å². The Balaban J connectivity index is 3.12. The van der Waals surface area contributed by atoms with E-state index >= 15 is 0 Å². The lowest BCUT2D eigenvalue weighted by molar-refractivity contribution is 0.217. The molecular weight excluding hydrogens is 184 g/mol. The van der Waals surface area contributed by atoms with Crippen LogP contribution in [0.3, 0.4) is 0 Å². The summed E-state index contributed by atoms with van der Waals surface area (Å²) in [6.45, 7) is 0.797. The van der Waals surface area contributed by atoms with Crippen molar-refractivity contribution < 1.29 is 4.79 Å². The van der Waals surface area contributed by atoms with Gasteiger partial charge in [-0.3, -0.25) is 0 Å². The Morgan fingerprint density at radius 3 is 2.54 bits per heavy atom. The number of hydrogen-bond acceptors (Lipinski definition) is 2. The van der Waals surface area contributed by atoms with Crippen LogP contribution >= 0.6 is 11.8 Å². The average Bonchev–Trinajstić information content (AvgIpc) is 2.10. The molecule has 0 saturated carbocycles. The van der Waals surface area contributed by atoms with Crippen molar-refractivity contribution in [3.63, 3.8) is 0 Å². The Hall–Kier alpha value is -0.380. The van der Waals surface area contributed by atoms with Crippen molar-refractivity contribution in [1.29, 1.82) is 0 Å². The average molecular weight is 204 g/mol. The number of carbonyl (C=O) groups is 1. The summed E-state index contributed by atoms with van der Waals surface area (Å²) >= 11 is 1.88.